The number of rotatable bonds is 4. The van der Waals surface area contributed by atoms with Gasteiger partial charge in [-0.05, 0) is 25.2 Å². The molecule has 0 aromatic heterocycles. The number of methoxy groups -OCH3 is 1. The maximum Gasteiger partial charge on any atom is 0.241 e. The minimum atomic E-state index is 0.0121. The minimum absolute atomic E-state index is 0.0121. The predicted octanol–water partition coefficient (Wildman–Crippen LogP) is 1.36. The lowest BCUT2D eigenvalue weighted by molar-refractivity contribution is -0.133. The molecule has 4 atom stereocenters. The molecule has 1 heterocycles. The maximum atomic E-state index is 12.4. The second-order valence-corrected chi connectivity index (χ2v) is 5.31. The van der Waals surface area contributed by atoms with Crippen LogP contribution in [0.4, 0.5) is 0 Å². The zero-order valence-corrected chi connectivity index (χ0v) is 11.1. The SMILES string of the molecule is CCC(C)C1NCN(C2CCCC2OC)C1=O. The van der Waals surface area contributed by atoms with E-state index in [9.17, 15) is 4.79 Å². The first-order chi connectivity index (χ1) is 8.19. The van der Waals surface area contributed by atoms with Crippen molar-refractivity contribution in [2.45, 2.75) is 57.7 Å². The first kappa shape index (κ1) is 12.8. The zero-order valence-electron chi connectivity index (χ0n) is 11.1. The molecule has 2 rings (SSSR count). The van der Waals surface area contributed by atoms with Crippen molar-refractivity contribution < 1.29 is 9.53 Å². The van der Waals surface area contributed by atoms with Crippen LogP contribution in [0.15, 0.2) is 0 Å². The van der Waals surface area contributed by atoms with Crippen molar-refractivity contribution in [1.82, 2.24) is 10.2 Å². The third kappa shape index (κ3) is 2.33. The number of ether oxygens (including phenoxy) is 1. The van der Waals surface area contributed by atoms with Crippen molar-refractivity contribution in [1.29, 1.82) is 0 Å². The number of nitrogens with zero attached hydrogens (tertiary/aromatic N) is 1. The first-order valence-electron chi connectivity index (χ1n) is 6.75. The number of carbonyl (C=O) groups is 1. The number of hydrogen-bond donors (Lipinski definition) is 1. The van der Waals surface area contributed by atoms with Gasteiger partial charge in [-0.15, -0.1) is 0 Å². The van der Waals surface area contributed by atoms with Gasteiger partial charge in [0.15, 0.2) is 0 Å². The Hall–Kier alpha value is -0.610. The Morgan fingerprint density at radius 2 is 2.29 bits per heavy atom. The molecule has 0 aromatic carbocycles. The van der Waals surface area contributed by atoms with Crippen LogP contribution >= 0.6 is 0 Å². The molecule has 0 aromatic rings. The minimum Gasteiger partial charge on any atom is -0.379 e. The van der Waals surface area contributed by atoms with Crippen molar-refractivity contribution in [3.63, 3.8) is 0 Å². The monoisotopic (exact) mass is 240 g/mol. The second-order valence-electron chi connectivity index (χ2n) is 5.31. The molecule has 4 heteroatoms. The number of amides is 1. The van der Waals surface area contributed by atoms with Gasteiger partial charge in [0.05, 0.1) is 24.9 Å². The molecule has 0 bridgehead atoms. The number of hydrogen-bond acceptors (Lipinski definition) is 3. The van der Waals surface area contributed by atoms with Crippen molar-refractivity contribution in [2.24, 2.45) is 5.92 Å². The summed E-state index contributed by atoms with van der Waals surface area (Å²) in [6, 6.07) is 0.298. The highest BCUT2D eigenvalue weighted by molar-refractivity contribution is 5.84. The van der Waals surface area contributed by atoms with Crippen molar-refractivity contribution in [3.8, 4) is 0 Å². The molecular formula is C13H24N2O2. The van der Waals surface area contributed by atoms with Crippen LogP contribution in [0.5, 0.6) is 0 Å². The quantitative estimate of drug-likeness (QED) is 0.806. The van der Waals surface area contributed by atoms with Gasteiger partial charge >= 0.3 is 0 Å². The largest absolute Gasteiger partial charge is 0.379 e. The van der Waals surface area contributed by atoms with Crippen molar-refractivity contribution in [3.05, 3.63) is 0 Å². The molecule has 2 fully saturated rings. The molecule has 1 amide bonds. The van der Waals surface area contributed by atoms with E-state index in [1.165, 1.54) is 6.42 Å². The Morgan fingerprint density at radius 3 is 2.94 bits per heavy atom. The van der Waals surface area contributed by atoms with Crippen LogP contribution in [0, 0.1) is 5.92 Å². The molecule has 0 radical (unpaired) electrons. The van der Waals surface area contributed by atoms with E-state index in [2.05, 4.69) is 19.2 Å². The van der Waals surface area contributed by atoms with E-state index in [1.54, 1.807) is 7.11 Å². The standard InChI is InChI=1S/C13H24N2O2/c1-4-9(2)12-13(16)15(8-14-12)10-6-5-7-11(10)17-3/h9-12,14H,4-8H2,1-3H3. The summed E-state index contributed by atoms with van der Waals surface area (Å²) >= 11 is 0. The lowest BCUT2D eigenvalue weighted by atomic mass is 9.99. The van der Waals surface area contributed by atoms with E-state index in [1.807, 2.05) is 4.90 Å². The topological polar surface area (TPSA) is 41.6 Å². The Morgan fingerprint density at radius 1 is 1.53 bits per heavy atom. The molecule has 2 aliphatic rings. The van der Waals surface area contributed by atoms with Crippen LogP contribution in [0.2, 0.25) is 0 Å². The highest BCUT2D eigenvalue weighted by Gasteiger charge is 2.42. The fourth-order valence-electron chi connectivity index (χ4n) is 3.04. The van der Waals surface area contributed by atoms with Crippen LogP contribution in [0.25, 0.3) is 0 Å². The van der Waals surface area contributed by atoms with E-state index < -0.39 is 0 Å². The average Bonchev–Trinajstić information content (AvgIpc) is 2.93. The Bertz CT molecular complexity index is 283. The van der Waals surface area contributed by atoms with Crippen molar-refractivity contribution >= 4 is 5.91 Å². The van der Waals surface area contributed by atoms with Gasteiger partial charge in [-0.3, -0.25) is 10.1 Å². The first-order valence-corrected chi connectivity index (χ1v) is 6.75. The summed E-state index contributed by atoms with van der Waals surface area (Å²) in [4.78, 5) is 14.4. The summed E-state index contributed by atoms with van der Waals surface area (Å²) < 4.78 is 5.48. The highest BCUT2D eigenvalue weighted by atomic mass is 16.5. The van der Waals surface area contributed by atoms with Gasteiger partial charge < -0.3 is 9.64 Å². The average molecular weight is 240 g/mol. The summed E-state index contributed by atoms with van der Waals surface area (Å²) in [6.45, 7) is 4.97. The fraction of sp³-hybridized carbons (Fsp3) is 0.923. The van der Waals surface area contributed by atoms with Crippen LogP contribution in [-0.4, -0.2) is 42.8 Å². The summed E-state index contributed by atoms with van der Waals surface area (Å²) in [5.74, 6) is 0.684. The zero-order chi connectivity index (χ0) is 12.4. The molecular weight excluding hydrogens is 216 g/mol. The molecule has 1 saturated carbocycles. The lowest BCUT2D eigenvalue weighted by Gasteiger charge is -2.28. The molecule has 17 heavy (non-hydrogen) atoms. The van der Waals surface area contributed by atoms with Crippen LogP contribution < -0.4 is 5.32 Å². The normalized spacial score (nSPS) is 35.6. The highest BCUT2D eigenvalue weighted by Crippen LogP contribution is 2.29. The third-order valence-corrected chi connectivity index (χ3v) is 4.36. The third-order valence-electron chi connectivity index (χ3n) is 4.36. The molecule has 4 unspecified atom stereocenters. The molecule has 4 nitrogen and oxygen atoms in total. The summed E-state index contributed by atoms with van der Waals surface area (Å²) in [5.41, 5.74) is 0. The summed E-state index contributed by atoms with van der Waals surface area (Å²) in [6.07, 6.45) is 4.60. The van der Waals surface area contributed by atoms with Gasteiger partial charge in [0.2, 0.25) is 5.91 Å². The molecule has 1 N–H and O–H groups in total. The fourth-order valence-corrected chi connectivity index (χ4v) is 3.04. The maximum absolute atomic E-state index is 12.4. The molecule has 98 valence electrons. The Labute approximate surface area is 104 Å². The Kier molecular flexibility index (Phi) is 4.05. The summed E-state index contributed by atoms with van der Waals surface area (Å²) in [5, 5.41) is 3.35. The van der Waals surface area contributed by atoms with Gasteiger partial charge in [0.1, 0.15) is 0 Å². The van der Waals surface area contributed by atoms with Gasteiger partial charge in [0.25, 0.3) is 0 Å². The van der Waals surface area contributed by atoms with E-state index in [0.29, 0.717) is 12.6 Å². The Balaban J connectivity index is 2.02. The van der Waals surface area contributed by atoms with E-state index in [-0.39, 0.29) is 24.1 Å². The second kappa shape index (κ2) is 5.36. The van der Waals surface area contributed by atoms with Gasteiger partial charge in [-0.1, -0.05) is 20.3 Å². The van der Waals surface area contributed by atoms with Crippen LogP contribution in [0.3, 0.4) is 0 Å². The molecule has 1 aliphatic heterocycles. The lowest BCUT2D eigenvalue weighted by Crippen LogP contribution is -2.44. The van der Waals surface area contributed by atoms with Gasteiger partial charge in [0, 0.05) is 7.11 Å². The molecule has 1 aliphatic carbocycles. The summed E-state index contributed by atoms with van der Waals surface area (Å²) in [7, 11) is 1.75. The van der Waals surface area contributed by atoms with Crippen molar-refractivity contribution in [2.75, 3.05) is 13.8 Å². The van der Waals surface area contributed by atoms with E-state index in [4.69, 9.17) is 4.74 Å². The smallest absolute Gasteiger partial charge is 0.241 e. The molecule has 0 spiro atoms. The van der Waals surface area contributed by atoms with Gasteiger partial charge in [-0.25, -0.2) is 0 Å². The van der Waals surface area contributed by atoms with E-state index >= 15 is 0 Å². The molecule has 1 saturated heterocycles. The van der Waals surface area contributed by atoms with E-state index in [0.717, 1.165) is 19.3 Å². The van der Waals surface area contributed by atoms with Gasteiger partial charge in [-0.2, -0.15) is 0 Å². The van der Waals surface area contributed by atoms with Crippen LogP contribution in [0.1, 0.15) is 39.5 Å². The predicted molar refractivity (Wildman–Crippen MR) is 66.5 cm³/mol. The number of carbonyl (C=O) groups excluding carboxylic acids is 1. The number of nitrogens with one attached hydrogen (secondary N) is 1. The van der Waals surface area contributed by atoms with Crippen LogP contribution in [-0.2, 0) is 9.53 Å².